The van der Waals surface area contributed by atoms with E-state index in [1.54, 1.807) is 25.1 Å². The van der Waals surface area contributed by atoms with E-state index >= 15 is 0 Å². The molecule has 1 aromatic rings. The summed E-state index contributed by atoms with van der Waals surface area (Å²) in [5, 5.41) is 0. The topological polar surface area (TPSA) is 93.2 Å². The largest absolute Gasteiger partial charge is 0.494 e. The van der Waals surface area contributed by atoms with E-state index in [2.05, 4.69) is 0 Å². The molecule has 0 saturated carbocycles. The Kier molecular flexibility index (Phi) is 5.19. The molecular formula is C17H22N2O6S. The van der Waals surface area contributed by atoms with Gasteiger partial charge in [0.15, 0.2) is 6.61 Å². The van der Waals surface area contributed by atoms with Crippen LogP contribution in [-0.4, -0.2) is 62.0 Å². The highest BCUT2D eigenvalue weighted by molar-refractivity contribution is 7.89. The number of carbonyl (C=O) groups is 2. The van der Waals surface area contributed by atoms with Crippen LogP contribution in [0, 0.1) is 6.92 Å². The number of rotatable bonds is 5. The molecule has 0 bridgehead atoms. The number of sulfonamides is 1. The van der Waals surface area contributed by atoms with Crippen LogP contribution >= 0.6 is 0 Å². The van der Waals surface area contributed by atoms with E-state index in [0.29, 0.717) is 25.2 Å². The highest BCUT2D eigenvalue weighted by atomic mass is 32.2. The fraction of sp³-hybridized carbons (Fsp3) is 0.529. The van der Waals surface area contributed by atoms with Crippen molar-refractivity contribution in [2.45, 2.75) is 37.6 Å². The number of ether oxygens (including phenoxy) is 2. The molecule has 1 aromatic carbocycles. The summed E-state index contributed by atoms with van der Waals surface area (Å²) in [4.78, 5) is 24.7. The molecule has 0 aliphatic carbocycles. The van der Waals surface area contributed by atoms with Gasteiger partial charge in [-0.25, -0.2) is 18.1 Å². The van der Waals surface area contributed by atoms with Crippen LogP contribution in [0.15, 0.2) is 23.1 Å². The number of imide groups is 1. The van der Waals surface area contributed by atoms with E-state index < -0.39 is 16.1 Å². The second-order valence-electron chi connectivity index (χ2n) is 6.31. The normalized spacial score (nSPS) is 19.7. The Morgan fingerprint density at radius 1 is 1.23 bits per heavy atom. The van der Waals surface area contributed by atoms with Crippen molar-refractivity contribution in [3.05, 3.63) is 23.8 Å². The summed E-state index contributed by atoms with van der Waals surface area (Å²) in [6.45, 7) is 4.45. The fourth-order valence-corrected chi connectivity index (χ4v) is 4.86. The molecule has 0 radical (unpaired) electrons. The van der Waals surface area contributed by atoms with Crippen LogP contribution in [0.1, 0.15) is 25.3 Å². The van der Waals surface area contributed by atoms with Crippen molar-refractivity contribution >= 4 is 22.0 Å². The molecular weight excluding hydrogens is 360 g/mol. The average molecular weight is 382 g/mol. The van der Waals surface area contributed by atoms with Crippen molar-refractivity contribution in [1.29, 1.82) is 0 Å². The second-order valence-corrected chi connectivity index (χ2v) is 8.25. The number of hydrogen-bond donors (Lipinski definition) is 0. The number of hydrogen-bond acceptors (Lipinski definition) is 6. The van der Waals surface area contributed by atoms with E-state index in [9.17, 15) is 18.0 Å². The summed E-state index contributed by atoms with van der Waals surface area (Å²) in [7, 11) is -3.63. The third-order valence-corrected chi connectivity index (χ3v) is 6.55. The minimum atomic E-state index is -3.63. The Bertz CT molecular complexity index is 799. The number of amides is 2. The minimum absolute atomic E-state index is 0.216. The first-order valence-electron chi connectivity index (χ1n) is 8.57. The molecule has 2 heterocycles. The highest BCUT2D eigenvalue weighted by Gasteiger charge is 2.40. The van der Waals surface area contributed by atoms with Crippen molar-refractivity contribution < 1.29 is 27.5 Å². The van der Waals surface area contributed by atoms with Crippen LogP contribution in [0.4, 0.5) is 4.79 Å². The zero-order valence-corrected chi connectivity index (χ0v) is 15.6. The lowest BCUT2D eigenvalue weighted by Gasteiger charge is -2.34. The standard InChI is InChI=1S/C17H22N2O6S/c1-3-24-15-5-4-14(10-12(15)2)26(22,23)18-8-6-13(7-9-18)19-16(20)11-25-17(19)21/h4-5,10,13H,3,6-9,11H2,1-2H3. The number of aryl methyl sites for hydroxylation is 1. The highest BCUT2D eigenvalue weighted by Crippen LogP contribution is 2.28. The zero-order valence-electron chi connectivity index (χ0n) is 14.8. The van der Waals surface area contributed by atoms with Crippen molar-refractivity contribution in [2.75, 3.05) is 26.3 Å². The maximum atomic E-state index is 12.9. The van der Waals surface area contributed by atoms with Gasteiger partial charge in [0.25, 0.3) is 5.91 Å². The summed E-state index contributed by atoms with van der Waals surface area (Å²) in [5.41, 5.74) is 0.758. The molecule has 9 heteroatoms. The van der Waals surface area contributed by atoms with Gasteiger partial charge < -0.3 is 9.47 Å². The first-order valence-corrected chi connectivity index (χ1v) is 10.0. The second kappa shape index (κ2) is 7.24. The number of benzene rings is 1. The van der Waals surface area contributed by atoms with Gasteiger partial charge in [0.05, 0.1) is 11.5 Å². The molecule has 0 N–H and O–H groups in total. The summed E-state index contributed by atoms with van der Waals surface area (Å²) < 4.78 is 37.3. The monoisotopic (exact) mass is 382 g/mol. The minimum Gasteiger partial charge on any atom is -0.494 e. The molecule has 2 saturated heterocycles. The molecule has 8 nitrogen and oxygen atoms in total. The van der Waals surface area contributed by atoms with Crippen LogP contribution in [0.3, 0.4) is 0 Å². The average Bonchev–Trinajstić information content (AvgIpc) is 2.95. The lowest BCUT2D eigenvalue weighted by atomic mass is 10.1. The van der Waals surface area contributed by atoms with Gasteiger partial charge in [-0.15, -0.1) is 0 Å². The number of piperidine rings is 1. The molecule has 2 amide bonds. The Balaban J connectivity index is 1.71. The lowest BCUT2D eigenvalue weighted by Crippen LogP contribution is -2.48. The van der Waals surface area contributed by atoms with Crippen molar-refractivity contribution in [3.63, 3.8) is 0 Å². The molecule has 2 aliphatic rings. The summed E-state index contributed by atoms with van der Waals surface area (Å²) in [6, 6.07) is 4.50. The van der Waals surface area contributed by atoms with Gasteiger partial charge in [0.1, 0.15) is 5.75 Å². The molecule has 0 atom stereocenters. The maximum absolute atomic E-state index is 12.9. The van der Waals surface area contributed by atoms with Crippen LogP contribution in [0.5, 0.6) is 5.75 Å². The summed E-state index contributed by atoms with van der Waals surface area (Å²) >= 11 is 0. The lowest BCUT2D eigenvalue weighted by molar-refractivity contribution is -0.127. The third kappa shape index (κ3) is 3.41. The third-order valence-electron chi connectivity index (χ3n) is 4.66. The van der Waals surface area contributed by atoms with Crippen molar-refractivity contribution in [3.8, 4) is 5.75 Å². The Morgan fingerprint density at radius 3 is 2.46 bits per heavy atom. The number of cyclic esters (lactones) is 1. The van der Waals surface area contributed by atoms with Crippen LogP contribution in [-0.2, 0) is 19.6 Å². The van der Waals surface area contributed by atoms with Gasteiger partial charge in [0, 0.05) is 19.1 Å². The van der Waals surface area contributed by atoms with E-state index in [1.807, 2.05) is 6.92 Å². The summed E-state index contributed by atoms with van der Waals surface area (Å²) in [5.74, 6) is 0.301. The Hall–Kier alpha value is -2.13. The first-order chi connectivity index (χ1) is 12.3. The van der Waals surface area contributed by atoms with Gasteiger partial charge in [-0.3, -0.25) is 4.79 Å². The van der Waals surface area contributed by atoms with Gasteiger partial charge in [0.2, 0.25) is 10.0 Å². The van der Waals surface area contributed by atoms with Crippen LogP contribution < -0.4 is 4.74 Å². The molecule has 0 aromatic heterocycles. The van der Waals surface area contributed by atoms with Gasteiger partial charge in [-0.2, -0.15) is 4.31 Å². The smallest absolute Gasteiger partial charge is 0.417 e. The molecule has 2 aliphatic heterocycles. The van der Waals surface area contributed by atoms with E-state index in [1.165, 1.54) is 4.31 Å². The van der Waals surface area contributed by atoms with Gasteiger partial charge >= 0.3 is 6.09 Å². The predicted molar refractivity (Wildman–Crippen MR) is 92.3 cm³/mol. The SMILES string of the molecule is CCOc1ccc(S(=O)(=O)N2CCC(N3C(=O)COC3=O)CC2)cc1C. The van der Waals surface area contributed by atoms with Crippen LogP contribution in [0.2, 0.25) is 0 Å². The Labute approximate surface area is 152 Å². The Morgan fingerprint density at radius 2 is 1.92 bits per heavy atom. The van der Waals surface area contributed by atoms with Gasteiger partial charge in [-0.1, -0.05) is 0 Å². The molecule has 142 valence electrons. The quantitative estimate of drug-likeness (QED) is 0.767. The van der Waals surface area contributed by atoms with E-state index in [-0.39, 0.29) is 36.5 Å². The molecule has 0 spiro atoms. The predicted octanol–water partition coefficient (Wildman–Crippen LogP) is 1.53. The number of nitrogens with zero attached hydrogens (tertiary/aromatic N) is 2. The molecule has 0 unspecified atom stereocenters. The number of carbonyl (C=O) groups excluding carboxylic acids is 2. The van der Waals surface area contributed by atoms with E-state index in [4.69, 9.17) is 9.47 Å². The molecule has 3 rings (SSSR count). The fourth-order valence-electron chi connectivity index (χ4n) is 3.31. The van der Waals surface area contributed by atoms with Crippen molar-refractivity contribution in [1.82, 2.24) is 9.21 Å². The molecule has 26 heavy (non-hydrogen) atoms. The first kappa shape index (κ1) is 18.7. The van der Waals surface area contributed by atoms with Crippen LogP contribution in [0.25, 0.3) is 0 Å². The summed E-state index contributed by atoms with van der Waals surface area (Å²) in [6.07, 6.45) is 0.157. The maximum Gasteiger partial charge on any atom is 0.417 e. The molecule has 2 fully saturated rings. The van der Waals surface area contributed by atoms with Gasteiger partial charge in [-0.05, 0) is 50.5 Å². The van der Waals surface area contributed by atoms with E-state index in [0.717, 1.165) is 10.5 Å². The zero-order chi connectivity index (χ0) is 18.9. The van der Waals surface area contributed by atoms with Crippen molar-refractivity contribution in [2.24, 2.45) is 0 Å².